The molecule has 1 amide bonds. The lowest BCUT2D eigenvalue weighted by Crippen LogP contribution is -2.36. The van der Waals surface area contributed by atoms with Crippen LogP contribution in [0.3, 0.4) is 0 Å². The van der Waals surface area contributed by atoms with E-state index in [2.05, 4.69) is 10.1 Å². The van der Waals surface area contributed by atoms with Crippen LogP contribution in [0.5, 0.6) is 0 Å². The molecule has 0 unspecified atom stereocenters. The van der Waals surface area contributed by atoms with E-state index in [-0.39, 0.29) is 16.5 Å². The summed E-state index contributed by atoms with van der Waals surface area (Å²) in [6, 6.07) is 11.1. The minimum Gasteiger partial charge on any atom is -0.365 e. The number of amides is 1. The van der Waals surface area contributed by atoms with E-state index in [1.54, 1.807) is 30.1 Å². The van der Waals surface area contributed by atoms with Gasteiger partial charge in [0.25, 0.3) is 5.91 Å². The number of rotatable bonds is 5. The molecule has 3 aromatic rings. The third kappa shape index (κ3) is 3.61. The van der Waals surface area contributed by atoms with Crippen LogP contribution < -0.4 is 10.6 Å². The lowest BCUT2D eigenvalue weighted by atomic mass is 9.92. The molecule has 3 heterocycles. The summed E-state index contributed by atoms with van der Waals surface area (Å²) in [4.78, 5) is 29.5. The summed E-state index contributed by atoms with van der Waals surface area (Å²) >= 11 is 0. The molecule has 154 valence electrons. The molecule has 0 spiro atoms. The molecule has 1 atom stereocenters. The van der Waals surface area contributed by atoms with Crippen LogP contribution in [-0.2, 0) is 0 Å². The fourth-order valence-electron chi connectivity index (χ4n) is 3.98. The van der Waals surface area contributed by atoms with E-state index >= 15 is 0 Å². The second kappa shape index (κ2) is 7.94. The van der Waals surface area contributed by atoms with Crippen molar-refractivity contribution in [1.82, 2.24) is 14.8 Å². The maximum absolute atomic E-state index is 12.1. The van der Waals surface area contributed by atoms with Crippen molar-refractivity contribution in [1.29, 1.82) is 0 Å². The van der Waals surface area contributed by atoms with Gasteiger partial charge in [0.1, 0.15) is 0 Å². The van der Waals surface area contributed by atoms with Gasteiger partial charge in [-0.3, -0.25) is 14.9 Å². The Bertz CT molecular complexity index is 1100. The highest BCUT2D eigenvalue weighted by Crippen LogP contribution is 2.35. The highest BCUT2D eigenvalue weighted by Gasteiger charge is 2.32. The molecule has 4 rings (SSSR count). The molecule has 0 saturated carbocycles. The second-order valence-electron chi connectivity index (χ2n) is 7.41. The summed E-state index contributed by atoms with van der Waals surface area (Å²) in [5.41, 5.74) is 8.04. The lowest BCUT2D eigenvalue weighted by Gasteiger charge is -2.33. The first kappa shape index (κ1) is 19.6. The molecule has 9 heteroatoms. The Balaban J connectivity index is 1.69. The molecule has 2 N–H and O–H groups in total. The highest BCUT2D eigenvalue weighted by atomic mass is 16.6. The molecule has 1 aromatic carbocycles. The van der Waals surface area contributed by atoms with Crippen LogP contribution in [0.25, 0.3) is 5.69 Å². The standard InChI is InChI=1S/C21H22N6O3/c1-14-9-10-23-21(19(14)27(29)30)25-11-5-6-15(12-25)18-17(20(22)28)13-26(24-18)16-7-3-2-4-8-16/h2-4,7-10,13,15H,5-6,11-12H2,1H3,(H2,22,28)/t15-/m1/s1. The number of hydrogen-bond acceptors (Lipinski definition) is 6. The summed E-state index contributed by atoms with van der Waals surface area (Å²) in [6.07, 6.45) is 4.84. The van der Waals surface area contributed by atoms with Crippen LogP contribution in [0.2, 0.25) is 0 Å². The predicted molar refractivity (Wildman–Crippen MR) is 112 cm³/mol. The quantitative estimate of drug-likeness (QED) is 0.514. The van der Waals surface area contributed by atoms with Crippen molar-refractivity contribution < 1.29 is 9.72 Å². The number of anilines is 1. The number of piperidine rings is 1. The number of pyridine rings is 1. The van der Waals surface area contributed by atoms with Crippen molar-refractivity contribution >= 4 is 17.4 Å². The average Bonchev–Trinajstić information content (AvgIpc) is 3.20. The lowest BCUT2D eigenvalue weighted by molar-refractivity contribution is -0.384. The van der Waals surface area contributed by atoms with Crippen molar-refractivity contribution in [3.63, 3.8) is 0 Å². The van der Waals surface area contributed by atoms with E-state index in [0.29, 0.717) is 35.7 Å². The molecule has 1 saturated heterocycles. The summed E-state index contributed by atoms with van der Waals surface area (Å²) in [6.45, 7) is 2.83. The Morgan fingerprint density at radius 2 is 2.03 bits per heavy atom. The second-order valence-corrected chi connectivity index (χ2v) is 7.41. The molecule has 1 aliphatic heterocycles. The zero-order valence-corrected chi connectivity index (χ0v) is 16.6. The zero-order valence-electron chi connectivity index (χ0n) is 16.6. The number of nitrogens with zero attached hydrogens (tertiary/aromatic N) is 5. The Kier molecular flexibility index (Phi) is 5.18. The molecule has 0 aliphatic carbocycles. The van der Waals surface area contributed by atoms with Crippen molar-refractivity contribution in [2.75, 3.05) is 18.0 Å². The maximum Gasteiger partial charge on any atom is 0.314 e. The fraction of sp³-hybridized carbons (Fsp3) is 0.286. The number of nitrogens with two attached hydrogens (primary N) is 1. The number of aryl methyl sites for hydroxylation is 1. The molecule has 9 nitrogen and oxygen atoms in total. The third-order valence-electron chi connectivity index (χ3n) is 5.43. The van der Waals surface area contributed by atoms with Gasteiger partial charge in [-0.1, -0.05) is 18.2 Å². The molecule has 0 radical (unpaired) electrons. The minimum absolute atomic E-state index is 0.0167. The Morgan fingerprint density at radius 1 is 1.27 bits per heavy atom. The monoisotopic (exact) mass is 406 g/mol. The first-order valence-electron chi connectivity index (χ1n) is 9.75. The molecular weight excluding hydrogens is 384 g/mol. The fourth-order valence-corrected chi connectivity index (χ4v) is 3.98. The van der Waals surface area contributed by atoms with Crippen LogP contribution in [0, 0.1) is 17.0 Å². The van der Waals surface area contributed by atoms with Crippen LogP contribution in [0.1, 0.15) is 40.4 Å². The van der Waals surface area contributed by atoms with Gasteiger partial charge < -0.3 is 10.6 Å². The van der Waals surface area contributed by atoms with Crippen LogP contribution in [0.4, 0.5) is 11.5 Å². The SMILES string of the molecule is Cc1ccnc(N2CCC[C@@H](c3nn(-c4ccccc4)cc3C(N)=O)C2)c1[N+](=O)[O-]. The van der Waals surface area contributed by atoms with Crippen LogP contribution in [-0.4, -0.2) is 38.7 Å². The number of carbonyl (C=O) groups excluding carboxylic acids is 1. The topological polar surface area (TPSA) is 120 Å². The van der Waals surface area contributed by atoms with Gasteiger partial charge in [0.2, 0.25) is 5.82 Å². The minimum atomic E-state index is -0.538. The number of benzene rings is 1. The van der Waals surface area contributed by atoms with Crippen LogP contribution in [0.15, 0.2) is 48.8 Å². The van der Waals surface area contributed by atoms with E-state index in [1.165, 1.54) is 0 Å². The Labute approximate surface area is 173 Å². The number of primary amides is 1. The molecule has 1 aliphatic rings. The summed E-state index contributed by atoms with van der Waals surface area (Å²) in [5, 5.41) is 16.3. The van der Waals surface area contributed by atoms with Gasteiger partial charge in [-0.25, -0.2) is 9.67 Å². The maximum atomic E-state index is 12.1. The number of para-hydroxylation sites is 1. The first-order chi connectivity index (χ1) is 14.5. The average molecular weight is 406 g/mol. The highest BCUT2D eigenvalue weighted by molar-refractivity contribution is 5.94. The number of aromatic nitrogens is 3. The van der Waals surface area contributed by atoms with Gasteiger partial charge in [-0.15, -0.1) is 0 Å². The summed E-state index contributed by atoms with van der Waals surface area (Å²) in [5.74, 6) is -0.273. The number of carbonyl (C=O) groups is 1. The Morgan fingerprint density at radius 3 is 2.73 bits per heavy atom. The van der Waals surface area contributed by atoms with Gasteiger partial charge in [0.05, 0.1) is 21.9 Å². The van der Waals surface area contributed by atoms with Gasteiger partial charge in [-0.2, -0.15) is 5.10 Å². The molecule has 1 fully saturated rings. The normalized spacial score (nSPS) is 16.4. The Hall–Kier alpha value is -3.75. The van der Waals surface area contributed by atoms with Crippen molar-refractivity contribution in [2.24, 2.45) is 5.73 Å². The van der Waals surface area contributed by atoms with E-state index < -0.39 is 5.91 Å². The van der Waals surface area contributed by atoms with Gasteiger partial charge in [-0.05, 0) is 38.0 Å². The van der Waals surface area contributed by atoms with Gasteiger partial charge >= 0.3 is 5.69 Å². The third-order valence-corrected chi connectivity index (χ3v) is 5.43. The summed E-state index contributed by atoms with van der Waals surface area (Å²) < 4.78 is 1.65. The smallest absolute Gasteiger partial charge is 0.314 e. The van der Waals surface area contributed by atoms with E-state index in [9.17, 15) is 14.9 Å². The molecule has 30 heavy (non-hydrogen) atoms. The molecule has 2 aromatic heterocycles. The zero-order chi connectivity index (χ0) is 21.3. The van der Waals surface area contributed by atoms with Gasteiger partial charge in [0, 0.05) is 37.0 Å². The van der Waals surface area contributed by atoms with E-state index in [0.717, 1.165) is 18.5 Å². The van der Waals surface area contributed by atoms with E-state index in [4.69, 9.17) is 5.73 Å². The van der Waals surface area contributed by atoms with Gasteiger partial charge in [0.15, 0.2) is 0 Å². The molecular formula is C21H22N6O3. The van der Waals surface area contributed by atoms with Crippen molar-refractivity contribution in [3.05, 3.63) is 75.7 Å². The molecule has 0 bridgehead atoms. The van der Waals surface area contributed by atoms with E-state index in [1.807, 2.05) is 35.2 Å². The number of nitro groups is 1. The number of hydrogen-bond donors (Lipinski definition) is 1. The van der Waals surface area contributed by atoms with Crippen LogP contribution >= 0.6 is 0 Å². The summed E-state index contributed by atoms with van der Waals surface area (Å²) in [7, 11) is 0. The largest absolute Gasteiger partial charge is 0.365 e. The van der Waals surface area contributed by atoms with Crippen molar-refractivity contribution in [2.45, 2.75) is 25.7 Å². The first-order valence-corrected chi connectivity index (χ1v) is 9.75. The predicted octanol–water partition coefficient (Wildman–Crippen LogP) is 2.97. The van der Waals surface area contributed by atoms with Crippen molar-refractivity contribution in [3.8, 4) is 5.69 Å².